The van der Waals surface area contributed by atoms with E-state index in [-0.39, 0.29) is 266 Å². The van der Waals surface area contributed by atoms with Crippen molar-refractivity contribution < 1.29 is 299 Å². The first-order chi connectivity index (χ1) is 52.3. The van der Waals surface area contributed by atoms with Crippen LogP contribution >= 0.6 is 24.1 Å². The molecule has 1 unspecified atom stereocenters. The van der Waals surface area contributed by atoms with Gasteiger partial charge in [-0.25, -0.2) is 50.9 Å². The van der Waals surface area contributed by atoms with E-state index in [2.05, 4.69) is 54.0 Å². The maximum Gasteiger partial charge on any atom is 1.00 e. The van der Waals surface area contributed by atoms with Crippen molar-refractivity contribution in [1.82, 2.24) is 4.58 Å². The molecule has 0 spiro atoms. The topological polar surface area (TPSA) is 586 Å². The van der Waals surface area contributed by atoms with E-state index < -0.39 is 109 Å². The van der Waals surface area contributed by atoms with Crippen LogP contribution < -0.4 is 224 Å². The number of nitrogens with two attached hydrogens (primary N) is 2. The van der Waals surface area contributed by atoms with Gasteiger partial charge in [-0.2, -0.15) is 8.67 Å². The largest absolute Gasteiger partial charge is 1.00 e. The van der Waals surface area contributed by atoms with Crippen molar-refractivity contribution in [2.45, 2.75) is 62.0 Å². The predicted octanol–water partition coefficient (Wildman–Crippen LogP) is -9.12. The predicted molar refractivity (Wildman–Crippen MR) is 394 cm³/mol. The zero-order chi connectivity index (χ0) is 81.2. The summed E-state index contributed by atoms with van der Waals surface area (Å²) in [7, 11) is -25.1. The SMILES string of the molecule is CCN(CC)c1ccc2c(-c3ccc(S(=O)(=O)[O-])cc3S(=O)(=O)[O-])c3ccc(=[N+](CC)CC)cc-3oc2c1.CS(=O)Oc1cc(N)ccc1N=Nc1c(N)c(SOO[O-])cc2cc(S(=O)(=O)[O-])cc(O)c12.O=C(Nc1cc(S(=O)(=O)[O-])cc2cc(SOO[O-])c(N=Nc3ccccc3S(=O)(=O)[O-])c(O)c12)c1ccccc1.[Na+].[Na+].[Na+].[Na+].[Na+].[Na+]. The number of aromatic hydroxyl groups is 2. The van der Waals surface area contributed by atoms with Gasteiger partial charge in [0.1, 0.15) is 104 Å². The van der Waals surface area contributed by atoms with Crippen LogP contribution in [-0.4, -0.2) is 118 Å². The summed E-state index contributed by atoms with van der Waals surface area (Å²) < 4.78 is 210. The molecule has 1 amide bonds. The van der Waals surface area contributed by atoms with Gasteiger partial charge in [-0.15, -0.1) is 20.5 Å². The molecule has 36 nitrogen and oxygen atoms in total. The molecule has 0 fully saturated rings. The number of carbonyl (C=O) groups excluding carboxylic acids is 1. The average molecular weight is 1810 g/mol. The number of amides is 1. The fraction of sp³-hybridized carbons (Fsp3) is 0.134. The summed E-state index contributed by atoms with van der Waals surface area (Å²) >= 11 is -1.12. The van der Waals surface area contributed by atoms with Gasteiger partial charge in [0.15, 0.2) is 11.5 Å². The van der Waals surface area contributed by atoms with E-state index in [9.17, 15) is 94.6 Å². The molecule has 0 saturated carbocycles. The number of phenols is 2. The second-order valence-electron chi connectivity index (χ2n) is 22.8. The van der Waals surface area contributed by atoms with Crippen LogP contribution in [0.3, 0.4) is 0 Å². The van der Waals surface area contributed by atoms with Gasteiger partial charge in [0.05, 0.1) is 81.2 Å². The van der Waals surface area contributed by atoms with E-state index >= 15 is 0 Å². The number of hydrogen-bond acceptors (Lipinski definition) is 36. The summed E-state index contributed by atoms with van der Waals surface area (Å²) in [5.41, 5.74) is 13.2. The number of carbonyl (C=O) groups is 1. The molecule has 1 aliphatic heterocycles. The molecule has 0 bridgehead atoms. The number of anilines is 4. The molecule has 1 heterocycles. The molecule has 586 valence electrons. The minimum atomic E-state index is -5.16. The fourth-order valence-electron chi connectivity index (χ4n) is 11.1. The Morgan fingerprint density at radius 3 is 1.68 bits per heavy atom. The van der Waals surface area contributed by atoms with Crippen LogP contribution in [0, 0.1) is 0 Å². The summed E-state index contributed by atoms with van der Waals surface area (Å²) in [6.07, 6.45) is 1.29. The van der Waals surface area contributed by atoms with Crippen LogP contribution in [0.2, 0.25) is 0 Å². The van der Waals surface area contributed by atoms with Crippen molar-refractivity contribution in [2.75, 3.05) is 54.1 Å². The number of nitrogen functional groups attached to an aromatic ring is 2. The van der Waals surface area contributed by atoms with Gasteiger partial charge in [-0.1, -0.05) is 36.4 Å². The van der Waals surface area contributed by atoms with E-state index in [1.165, 1.54) is 60.9 Å². The maximum atomic E-state index is 12.8. The fourth-order valence-corrected chi connectivity index (χ4v) is 15.4. The Kier molecular flexibility index (Phi) is 42.5. The number of nitrogens with zero attached hydrogens (tertiary/aromatic N) is 6. The molecule has 0 radical (unpaired) electrons. The number of nitrogens with one attached hydrogen (secondary N) is 1. The van der Waals surface area contributed by atoms with Crippen molar-refractivity contribution >= 4 is 170 Å². The average Bonchev–Trinajstić information content (AvgIpc) is 0.794. The van der Waals surface area contributed by atoms with Crippen molar-refractivity contribution in [3.05, 3.63) is 175 Å². The molecule has 11 rings (SSSR count). The Morgan fingerprint density at radius 2 is 1.11 bits per heavy atom. The van der Waals surface area contributed by atoms with Gasteiger partial charge >= 0.3 is 177 Å². The Labute approximate surface area is 813 Å². The zero-order valence-electron chi connectivity index (χ0n) is 63.6. The quantitative estimate of drug-likeness (QED) is 0.00408. The summed E-state index contributed by atoms with van der Waals surface area (Å²) in [6, 6.07) is 36.5. The van der Waals surface area contributed by atoms with Gasteiger partial charge < -0.3 is 73.8 Å². The van der Waals surface area contributed by atoms with Crippen molar-refractivity contribution in [3.63, 3.8) is 0 Å². The first-order valence-corrected chi connectivity index (χ1v) is 41.5. The number of phenolic OH excluding ortho intramolecular Hbond substituents is 2. The van der Waals surface area contributed by atoms with E-state index in [1.54, 1.807) is 30.3 Å². The minimum Gasteiger partial charge on any atom is -0.744 e. The molecule has 9 aromatic carbocycles. The Balaban J connectivity index is 0.000000444. The van der Waals surface area contributed by atoms with E-state index in [1.807, 2.05) is 52.0 Å². The molecule has 1 aliphatic carbocycles. The molecule has 7 N–H and O–H groups in total. The molecule has 117 heavy (non-hydrogen) atoms. The van der Waals surface area contributed by atoms with Gasteiger partial charge in [-0.05, 0) is 142 Å². The van der Waals surface area contributed by atoms with E-state index in [0.717, 1.165) is 85.8 Å². The Morgan fingerprint density at radius 1 is 0.564 bits per heavy atom. The van der Waals surface area contributed by atoms with Crippen molar-refractivity contribution in [1.29, 1.82) is 0 Å². The van der Waals surface area contributed by atoms with Crippen LogP contribution in [0.4, 0.5) is 45.5 Å². The summed E-state index contributed by atoms with van der Waals surface area (Å²) in [4.78, 5) is 11.0. The van der Waals surface area contributed by atoms with Crippen LogP contribution in [0.25, 0.3) is 55.0 Å². The standard InChI is InChI=1S/C27H30N2O7S2.C23H17N3O11S3.C17H16N4O9S3.6Na/c1-5-28(6-2)18-9-12-21-24(15-18)36-25-16-19(29(7-3)8-4)10-13-22(25)27(21)23-14-11-20(37(30,31)32)17-26(23)38(33,34)35;27-22-20-14(10-15(39(30,31)32)12-17(20)24-23(28)13-6-2-1-3-7-13)11-18(38-37-36-29)21(22)26-25-16-8-4-5-9-19(16)40(33,34)35;1-32(24)28-13-6-9(18)2-3-11(13)20-21-17-15-8(5-14(16(17)19)31-30-29-23)4-10(7-12(15)22)33(25,26)27;;;;;;/h9-17H,5-8H2,1-4H3,(H-,30,31,32,33,34,35);1-12,27,29H,(H,24,28)(H,30,31,32)(H,33,34,35);2-7,22-23H,18-19H2,1H3,(H,25,26,27);;;;;;/q;;;6*+1/p-6. The maximum absolute atomic E-state index is 12.8. The summed E-state index contributed by atoms with van der Waals surface area (Å²) in [5.74, 6) is -1.59. The molecule has 0 aromatic heterocycles. The summed E-state index contributed by atoms with van der Waals surface area (Å²) in [6.45, 7) is 11.2. The molecular formula is C67H57N9Na6O27S8. The van der Waals surface area contributed by atoms with Gasteiger partial charge in [-0.3, -0.25) is 14.9 Å². The first kappa shape index (κ1) is 107. The van der Waals surface area contributed by atoms with Crippen molar-refractivity contribution in [2.24, 2.45) is 20.5 Å². The summed E-state index contributed by atoms with van der Waals surface area (Å²) in [5, 5.41) is 68.1. The number of hydrogen-bond donors (Lipinski definition) is 5. The number of azo groups is 2. The molecule has 0 saturated heterocycles. The number of benzene rings is 10. The normalized spacial score (nSPS) is 11.8. The van der Waals surface area contributed by atoms with Gasteiger partial charge in [0.25, 0.3) is 5.91 Å². The number of fused-ring (bicyclic) bond motifs is 4. The molecule has 50 heteroatoms. The Hall–Kier alpha value is -4.18. The smallest absolute Gasteiger partial charge is 0.744 e. The van der Waals surface area contributed by atoms with E-state index in [0.29, 0.717) is 51.7 Å². The van der Waals surface area contributed by atoms with Crippen LogP contribution in [0.1, 0.15) is 38.1 Å². The zero-order valence-corrected chi connectivity index (χ0v) is 82.2. The third-order valence-electron chi connectivity index (χ3n) is 16.0. The second kappa shape index (κ2) is 46.5. The minimum absolute atomic E-state index is 0. The van der Waals surface area contributed by atoms with Gasteiger partial charge in [0, 0.05) is 81.9 Å². The van der Waals surface area contributed by atoms with Gasteiger partial charge in [0.2, 0.25) is 16.4 Å². The molecule has 1 atom stereocenters. The third-order valence-corrected chi connectivity index (χ3v) is 21.9. The molecular weight excluding hydrogens is 1760 g/mol. The molecule has 9 aromatic rings. The molecule has 2 aliphatic rings. The monoisotopic (exact) mass is 1810 g/mol. The van der Waals surface area contributed by atoms with Crippen LogP contribution in [0.5, 0.6) is 17.2 Å². The Bertz CT molecular complexity index is 6210. The second-order valence-corrected chi connectivity index (χ2v) is 32.1. The third kappa shape index (κ3) is 27.2. The van der Waals surface area contributed by atoms with E-state index in [4.69, 9.17) is 20.1 Å². The van der Waals surface area contributed by atoms with Crippen molar-refractivity contribution in [3.8, 4) is 39.7 Å². The van der Waals surface area contributed by atoms with Crippen LogP contribution in [0.15, 0.2) is 223 Å². The first-order valence-electron chi connectivity index (χ1n) is 31.5. The van der Waals surface area contributed by atoms with Crippen LogP contribution in [-0.2, 0) is 80.4 Å². The number of rotatable bonds is 25.